The van der Waals surface area contributed by atoms with Crippen molar-refractivity contribution in [1.82, 2.24) is 0 Å². The van der Waals surface area contributed by atoms with Gasteiger partial charge in [-0.2, -0.15) is 0 Å². The van der Waals surface area contributed by atoms with Crippen LogP contribution in [0.25, 0.3) is 0 Å². The second-order valence-corrected chi connectivity index (χ2v) is 5.03. The van der Waals surface area contributed by atoms with Crippen molar-refractivity contribution in [3.63, 3.8) is 0 Å². The minimum Gasteiger partial charge on any atom is -0.425 e. The molecule has 0 saturated heterocycles. The van der Waals surface area contributed by atoms with Gasteiger partial charge in [-0.15, -0.1) is 0 Å². The summed E-state index contributed by atoms with van der Waals surface area (Å²) < 4.78 is 14.5. The first kappa shape index (κ1) is 14.7. The van der Waals surface area contributed by atoms with Gasteiger partial charge >= 0.3 is 7.12 Å². The molecular weight excluding hydrogens is 218 g/mol. The maximum Gasteiger partial charge on any atom is 0.496 e. The molecule has 98 valence electrons. The molecule has 1 rings (SSSR count). The van der Waals surface area contributed by atoms with Crippen LogP contribution in [0, 0.1) is 0 Å². The molecule has 0 fully saturated rings. The van der Waals surface area contributed by atoms with E-state index in [1.807, 2.05) is 0 Å². The maximum absolute atomic E-state index is 14.5. The topological polar surface area (TPSA) is 40.5 Å². The van der Waals surface area contributed by atoms with E-state index in [1.54, 1.807) is 0 Å². The Hall–Kier alpha value is -0.345. The molecule has 0 aromatic rings. The minimum atomic E-state index is -1.88. The lowest BCUT2D eigenvalue weighted by molar-refractivity contribution is 0.226. The average Bonchev–Trinajstić information content (AvgIpc) is 2.62. The Kier molecular flexibility index (Phi) is 5.67. The number of halogens is 1. The monoisotopic (exact) mass is 242 g/mol. The summed E-state index contributed by atoms with van der Waals surface area (Å²) in [6, 6.07) is 0. The molecule has 2 nitrogen and oxygen atoms in total. The van der Waals surface area contributed by atoms with Crippen molar-refractivity contribution in [2.75, 3.05) is 0 Å². The van der Waals surface area contributed by atoms with Crippen LogP contribution >= 0.6 is 0 Å². The first-order chi connectivity index (χ1) is 8.06. The van der Waals surface area contributed by atoms with Crippen LogP contribution in [-0.2, 0) is 0 Å². The maximum atomic E-state index is 14.5. The smallest absolute Gasteiger partial charge is 0.425 e. The summed E-state index contributed by atoms with van der Waals surface area (Å²) in [6.45, 7) is 4.18. The standard InChI is InChI=1S/C13H24BFO2/c1-3-5-7-11-9-10-13(15,14(16)17)12(11)8-6-4-2/h16-17H,3-10H2,1-2H3. The van der Waals surface area contributed by atoms with Crippen LogP contribution in [0.4, 0.5) is 4.39 Å². The summed E-state index contributed by atoms with van der Waals surface area (Å²) >= 11 is 0. The third-order valence-corrected chi connectivity index (χ3v) is 3.74. The summed E-state index contributed by atoms with van der Waals surface area (Å²) in [6.07, 6.45) is 6.58. The molecule has 1 unspecified atom stereocenters. The van der Waals surface area contributed by atoms with Gasteiger partial charge in [0.25, 0.3) is 0 Å². The second-order valence-electron chi connectivity index (χ2n) is 5.03. The van der Waals surface area contributed by atoms with Crippen molar-refractivity contribution in [2.45, 2.75) is 70.8 Å². The minimum absolute atomic E-state index is 0.239. The number of allylic oxidation sites excluding steroid dienone is 2. The van der Waals surface area contributed by atoms with Crippen molar-refractivity contribution < 1.29 is 14.4 Å². The van der Waals surface area contributed by atoms with Gasteiger partial charge in [-0.1, -0.05) is 32.3 Å². The second kappa shape index (κ2) is 6.55. The normalized spacial score (nSPS) is 24.5. The molecule has 0 aliphatic heterocycles. The van der Waals surface area contributed by atoms with Crippen LogP contribution in [0.5, 0.6) is 0 Å². The molecule has 2 N–H and O–H groups in total. The van der Waals surface area contributed by atoms with Crippen molar-refractivity contribution >= 4 is 7.12 Å². The number of hydrogen-bond donors (Lipinski definition) is 2. The van der Waals surface area contributed by atoms with E-state index in [-0.39, 0.29) is 6.42 Å². The van der Waals surface area contributed by atoms with Crippen LogP contribution in [-0.4, -0.2) is 22.7 Å². The van der Waals surface area contributed by atoms with Crippen LogP contribution in [0.1, 0.15) is 65.2 Å². The van der Waals surface area contributed by atoms with Crippen molar-refractivity contribution in [2.24, 2.45) is 0 Å². The van der Waals surface area contributed by atoms with Gasteiger partial charge in [0, 0.05) is 0 Å². The highest BCUT2D eigenvalue weighted by atomic mass is 19.1. The zero-order valence-corrected chi connectivity index (χ0v) is 11.0. The van der Waals surface area contributed by atoms with E-state index in [4.69, 9.17) is 0 Å². The largest absolute Gasteiger partial charge is 0.496 e. The highest BCUT2D eigenvalue weighted by Crippen LogP contribution is 2.43. The molecule has 0 radical (unpaired) electrons. The molecule has 0 aromatic heterocycles. The zero-order chi connectivity index (χ0) is 12.9. The number of hydrogen-bond acceptors (Lipinski definition) is 2. The lowest BCUT2D eigenvalue weighted by atomic mass is 9.64. The number of unbranched alkanes of at least 4 members (excludes halogenated alkanes) is 2. The van der Waals surface area contributed by atoms with E-state index in [1.165, 1.54) is 0 Å². The first-order valence-electron chi connectivity index (χ1n) is 6.82. The first-order valence-corrected chi connectivity index (χ1v) is 6.82. The predicted molar refractivity (Wildman–Crippen MR) is 69.3 cm³/mol. The van der Waals surface area contributed by atoms with E-state index in [2.05, 4.69) is 13.8 Å². The molecule has 0 bridgehead atoms. The Morgan fingerprint density at radius 2 is 1.76 bits per heavy atom. The van der Waals surface area contributed by atoms with Gasteiger partial charge in [-0.3, -0.25) is 0 Å². The van der Waals surface area contributed by atoms with Crippen LogP contribution in [0.3, 0.4) is 0 Å². The van der Waals surface area contributed by atoms with Crippen LogP contribution in [0.2, 0.25) is 0 Å². The highest BCUT2D eigenvalue weighted by molar-refractivity contribution is 6.46. The zero-order valence-electron chi connectivity index (χ0n) is 11.0. The Morgan fingerprint density at radius 3 is 2.29 bits per heavy atom. The van der Waals surface area contributed by atoms with Crippen LogP contribution < -0.4 is 0 Å². The Bertz CT molecular complexity index is 279. The fourth-order valence-corrected chi connectivity index (χ4v) is 2.62. The van der Waals surface area contributed by atoms with E-state index >= 15 is 0 Å². The van der Waals surface area contributed by atoms with Gasteiger partial charge in [0.15, 0.2) is 5.57 Å². The molecule has 4 heteroatoms. The lowest BCUT2D eigenvalue weighted by Gasteiger charge is -2.23. The molecule has 1 aliphatic rings. The van der Waals surface area contributed by atoms with Gasteiger partial charge in [0.1, 0.15) is 0 Å². The van der Waals surface area contributed by atoms with Crippen molar-refractivity contribution in [3.05, 3.63) is 11.1 Å². The quantitative estimate of drug-likeness (QED) is 0.531. The van der Waals surface area contributed by atoms with Crippen molar-refractivity contribution in [3.8, 4) is 0 Å². The summed E-state index contributed by atoms with van der Waals surface area (Å²) in [5, 5.41) is 18.5. The summed E-state index contributed by atoms with van der Waals surface area (Å²) in [7, 11) is -1.87. The molecular formula is C13H24BFO2. The molecule has 0 saturated carbocycles. The fraction of sp³-hybridized carbons (Fsp3) is 0.846. The lowest BCUT2D eigenvalue weighted by Crippen LogP contribution is -2.42. The van der Waals surface area contributed by atoms with E-state index < -0.39 is 12.7 Å². The van der Waals surface area contributed by atoms with Gasteiger partial charge in [-0.05, 0) is 44.1 Å². The Morgan fingerprint density at radius 1 is 1.18 bits per heavy atom. The third kappa shape index (κ3) is 3.32. The van der Waals surface area contributed by atoms with Crippen molar-refractivity contribution in [1.29, 1.82) is 0 Å². The van der Waals surface area contributed by atoms with E-state index in [9.17, 15) is 14.4 Å². The predicted octanol–water partition coefficient (Wildman–Crippen LogP) is 3.18. The molecule has 1 aliphatic carbocycles. The fourth-order valence-electron chi connectivity index (χ4n) is 2.62. The van der Waals surface area contributed by atoms with Gasteiger partial charge in [0.05, 0.1) is 0 Å². The molecule has 0 heterocycles. The SMILES string of the molecule is CCCCC1=C(CCCC)C(F)(B(O)O)CC1. The van der Waals surface area contributed by atoms with Crippen LogP contribution in [0.15, 0.2) is 11.1 Å². The van der Waals surface area contributed by atoms with Gasteiger partial charge in [-0.25, -0.2) is 4.39 Å². The van der Waals surface area contributed by atoms with E-state index in [0.717, 1.165) is 37.7 Å². The molecule has 0 aromatic carbocycles. The highest BCUT2D eigenvalue weighted by Gasteiger charge is 2.49. The summed E-state index contributed by atoms with van der Waals surface area (Å²) in [5.41, 5.74) is -0.0585. The van der Waals surface area contributed by atoms with E-state index in [0.29, 0.717) is 18.4 Å². The molecule has 17 heavy (non-hydrogen) atoms. The molecule has 0 amide bonds. The molecule has 0 spiro atoms. The van der Waals surface area contributed by atoms with Gasteiger partial charge < -0.3 is 10.0 Å². The molecule has 1 atom stereocenters. The number of rotatable bonds is 7. The van der Waals surface area contributed by atoms with Gasteiger partial charge in [0.2, 0.25) is 0 Å². The summed E-state index contributed by atoms with van der Waals surface area (Å²) in [5.74, 6) is 0. The summed E-state index contributed by atoms with van der Waals surface area (Å²) in [4.78, 5) is 0. The average molecular weight is 242 g/mol. The third-order valence-electron chi connectivity index (χ3n) is 3.74. The Labute approximate surface area is 104 Å². The Balaban J connectivity index is 2.84. The number of alkyl halides is 1.